The van der Waals surface area contributed by atoms with Gasteiger partial charge >= 0.3 is 0 Å². The van der Waals surface area contributed by atoms with E-state index in [0.717, 1.165) is 0 Å². The summed E-state index contributed by atoms with van der Waals surface area (Å²) >= 11 is 0. The second kappa shape index (κ2) is 11.8. The Morgan fingerprint density at radius 2 is 1.69 bits per heavy atom. The lowest BCUT2D eigenvalue weighted by molar-refractivity contribution is -0.319. The summed E-state index contributed by atoms with van der Waals surface area (Å²) in [6, 6.07) is 3.17. The standard InChI is InChI=1S/C22H32O13/c1-30-12-6-11(4-3-5-23)7-13(31-2)17(12)34-20-18(16(27)15(26)14(8-24)33-20)35-21-19(28)22(29,9-25)10-32-21/h3-4,6-7,14-16,18-21,23-29H,5,8-10H2,1-2H3/b4-3-/t14-,15-,16+,18-,19+,20+,21+,22-/m1/s1. The minimum Gasteiger partial charge on any atom is -0.493 e. The van der Waals surface area contributed by atoms with Crippen molar-refractivity contribution in [3.05, 3.63) is 23.8 Å². The van der Waals surface area contributed by atoms with E-state index in [9.17, 15) is 30.6 Å². The Balaban J connectivity index is 1.93. The molecule has 0 radical (unpaired) electrons. The maximum atomic E-state index is 10.7. The Morgan fingerprint density at radius 1 is 1.03 bits per heavy atom. The van der Waals surface area contributed by atoms with Gasteiger partial charge in [0.15, 0.2) is 23.9 Å². The van der Waals surface area contributed by atoms with Gasteiger partial charge in [-0.2, -0.15) is 0 Å². The van der Waals surface area contributed by atoms with Crippen molar-refractivity contribution < 1.29 is 64.2 Å². The fraction of sp³-hybridized carbons (Fsp3) is 0.636. The molecule has 198 valence electrons. The lowest BCUT2D eigenvalue weighted by Crippen LogP contribution is -2.62. The predicted molar refractivity (Wildman–Crippen MR) is 117 cm³/mol. The fourth-order valence-electron chi connectivity index (χ4n) is 3.78. The zero-order valence-corrected chi connectivity index (χ0v) is 19.3. The highest BCUT2D eigenvalue weighted by Gasteiger charge is 2.53. The number of rotatable bonds is 10. The van der Waals surface area contributed by atoms with Gasteiger partial charge in [0.1, 0.15) is 30.0 Å². The highest BCUT2D eigenvalue weighted by molar-refractivity contribution is 5.62. The molecule has 2 fully saturated rings. The molecule has 2 heterocycles. The molecule has 2 aliphatic rings. The molecule has 7 N–H and O–H groups in total. The van der Waals surface area contributed by atoms with Gasteiger partial charge in [0.2, 0.25) is 12.0 Å². The third-order valence-corrected chi connectivity index (χ3v) is 5.83. The number of aliphatic hydroxyl groups is 7. The molecule has 2 saturated heterocycles. The van der Waals surface area contributed by atoms with Gasteiger partial charge in [-0.1, -0.05) is 12.2 Å². The first-order valence-corrected chi connectivity index (χ1v) is 10.8. The maximum absolute atomic E-state index is 10.7. The summed E-state index contributed by atoms with van der Waals surface area (Å²) in [5, 5.41) is 69.6. The zero-order valence-electron chi connectivity index (χ0n) is 19.3. The van der Waals surface area contributed by atoms with Gasteiger partial charge in [0.05, 0.1) is 40.6 Å². The van der Waals surface area contributed by atoms with Crippen LogP contribution >= 0.6 is 0 Å². The van der Waals surface area contributed by atoms with Crippen molar-refractivity contribution in [3.8, 4) is 17.2 Å². The molecule has 35 heavy (non-hydrogen) atoms. The molecule has 1 aromatic rings. The quantitative estimate of drug-likeness (QED) is 0.175. The van der Waals surface area contributed by atoms with Crippen LogP contribution in [-0.4, -0.2) is 125 Å². The summed E-state index contributed by atoms with van der Waals surface area (Å²) in [6.45, 7) is -2.09. The molecule has 0 unspecified atom stereocenters. The molecule has 0 bridgehead atoms. The number of aliphatic hydroxyl groups excluding tert-OH is 6. The van der Waals surface area contributed by atoms with E-state index in [0.29, 0.717) is 5.56 Å². The predicted octanol–water partition coefficient (Wildman–Crippen LogP) is -2.65. The molecule has 2 aliphatic heterocycles. The van der Waals surface area contributed by atoms with Gasteiger partial charge in [-0.15, -0.1) is 0 Å². The zero-order chi connectivity index (χ0) is 25.8. The van der Waals surface area contributed by atoms with Gasteiger partial charge in [-0.25, -0.2) is 0 Å². The van der Waals surface area contributed by atoms with E-state index in [-0.39, 0.29) is 23.9 Å². The lowest BCUT2D eigenvalue weighted by Gasteiger charge is -2.42. The van der Waals surface area contributed by atoms with E-state index in [2.05, 4.69) is 0 Å². The molecule has 13 heteroatoms. The first kappa shape index (κ1) is 27.5. The van der Waals surface area contributed by atoms with Crippen molar-refractivity contribution in [1.29, 1.82) is 0 Å². The SMILES string of the molecule is COc1cc(/C=C\CO)cc(OC)c1O[C@@H]1O[C@H](CO)[C@@H](O)[C@H](O)[C@H]1O[C@@H]1OC[C@](O)(CO)[C@H]1O. The molecule has 0 spiro atoms. The number of hydrogen-bond donors (Lipinski definition) is 7. The summed E-state index contributed by atoms with van der Waals surface area (Å²) in [5.41, 5.74) is -1.37. The molecule has 0 amide bonds. The van der Waals surface area contributed by atoms with E-state index < -0.39 is 68.5 Å². The molecular weight excluding hydrogens is 472 g/mol. The molecular formula is C22H32O13. The summed E-state index contributed by atoms with van der Waals surface area (Å²) in [4.78, 5) is 0. The molecule has 8 atom stereocenters. The Bertz CT molecular complexity index is 839. The maximum Gasteiger partial charge on any atom is 0.230 e. The average molecular weight is 504 g/mol. The van der Waals surface area contributed by atoms with Crippen molar-refractivity contribution in [2.75, 3.05) is 40.6 Å². The van der Waals surface area contributed by atoms with Gasteiger partial charge < -0.3 is 64.2 Å². The van der Waals surface area contributed by atoms with Crippen LogP contribution in [0.5, 0.6) is 17.2 Å². The van der Waals surface area contributed by atoms with Crippen LogP contribution in [0, 0.1) is 0 Å². The number of methoxy groups -OCH3 is 2. The van der Waals surface area contributed by atoms with Crippen molar-refractivity contribution in [2.24, 2.45) is 0 Å². The van der Waals surface area contributed by atoms with Crippen LogP contribution in [0.4, 0.5) is 0 Å². The Kier molecular flexibility index (Phi) is 9.28. The minimum absolute atomic E-state index is 0.0368. The minimum atomic E-state index is -1.99. The third kappa shape index (κ3) is 5.70. The topological polar surface area (TPSA) is 197 Å². The van der Waals surface area contributed by atoms with Gasteiger partial charge in [0.25, 0.3) is 0 Å². The van der Waals surface area contributed by atoms with Crippen molar-refractivity contribution in [1.82, 2.24) is 0 Å². The first-order valence-electron chi connectivity index (χ1n) is 10.8. The Morgan fingerprint density at radius 3 is 2.20 bits per heavy atom. The largest absolute Gasteiger partial charge is 0.493 e. The number of benzene rings is 1. The van der Waals surface area contributed by atoms with Gasteiger partial charge in [-0.05, 0) is 17.7 Å². The second-order valence-electron chi connectivity index (χ2n) is 8.15. The first-order chi connectivity index (χ1) is 16.7. The van der Waals surface area contributed by atoms with Crippen LogP contribution in [0.2, 0.25) is 0 Å². The normalized spacial score (nSPS) is 35.4. The highest BCUT2D eigenvalue weighted by Crippen LogP contribution is 2.41. The Labute approximate surface area is 201 Å². The van der Waals surface area contributed by atoms with E-state index in [1.807, 2.05) is 0 Å². The van der Waals surface area contributed by atoms with Gasteiger partial charge in [0, 0.05) is 0 Å². The summed E-state index contributed by atoms with van der Waals surface area (Å²) in [6.07, 6.45) is -7.54. The van der Waals surface area contributed by atoms with E-state index >= 15 is 0 Å². The van der Waals surface area contributed by atoms with Crippen molar-refractivity contribution in [3.63, 3.8) is 0 Å². The van der Waals surface area contributed by atoms with Crippen LogP contribution < -0.4 is 14.2 Å². The van der Waals surface area contributed by atoms with Crippen LogP contribution in [0.25, 0.3) is 6.08 Å². The number of ether oxygens (including phenoxy) is 6. The van der Waals surface area contributed by atoms with Crippen LogP contribution in [-0.2, 0) is 14.2 Å². The highest BCUT2D eigenvalue weighted by atomic mass is 16.8. The smallest absolute Gasteiger partial charge is 0.230 e. The Hall–Kier alpha value is -2.04. The average Bonchev–Trinajstić information content (AvgIpc) is 3.16. The third-order valence-electron chi connectivity index (χ3n) is 5.83. The van der Waals surface area contributed by atoms with Crippen molar-refractivity contribution >= 4 is 6.08 Å². The van der Waals surface area contributed by atoms with Gasteiger partial charge in [-0.3, -0.25) is 0 Å². The van der Waals surface area contributed by atoms with E-state index in [4.69, 9.17) is 33.5 Å². The van der Waals surface area contributed by atoms with Crippen LogP contribution in [0.3, 0.4) is 0 Å². The fourth-order valence-corrected chi connectivity index (χ4v) is 3.78. The van der Waals surface area contributed by atoms with Crippen LogP contribution in [0.1, 0.15) is 5.56 Å². The summed E-state index contributed by atoms with van der Waals surface area (Å²) in [5.74, 6) is 0.421. The molecule has 0 aromatic heterocycles. The monoisotopic (exact) mass is 504 g/mol. The van der Waals surface area contributed by atoms with E-state index in [1.54, 1.807) is 18.2 Å². The molecule has 3 rings (SSSR count). The summed E-state index contributed by atoms with van der Waals surface area (Å²) in [7, 11) is 2.76. The van der Waals surface area contributed by atoms with Crippen molar-refractivity contribution in [2.45, 2.75) is 48.7 Å². The molecule has 13 nitrogen and oxygen atoms in total. The lowest BCUT2D eigenvalue weighted by atomic mass is 9.98. The molecule has 1 aromatic carbocycles. The summed E-state index contributed by atoms with van der Waals surface area (Å²) < 4.78 is 33.3. The number of hydrogen-bond acceptors (Lipinski definition) is 13. The molecule has 0 saturated carbocycles. The van der Waals surface area contributed by atoms with E-state index in [1.165, 1.54) is 20.3 Å². The van der Waals surface area contributed by atoms with Crippen LogP contribution in [0.15, 0.2) is 18.2 Å². The molecule has 0 aliphatic carbocycles. The second-order valence-corrected chi connectivity index (χ2v) is 8.15.